The molecule has 1 heterocycles. The van der Waals surface area contributed by atoms with Gasteiger partial charge in [-0.1, -0.05) is 0 Å². The van der Waals surface area contributed by atoms with Gasteiger partial charge in [0.05, 0.1) is 0 Å². The van der Waals surface area contributed by atoms with Crippen LogP contribution in [0.5, 0.6) is 0 Å². The molecule has 0 fully saturated rings. The van der Waals surface area contributed by atoms with Gasteiger partial charge in [0, 0.05) is 11.8 Å². The van der Waals surface area contributed by atoms with E-state index in [1.807, 2.05) is 0 Å². The number of amides is 1. The molecule has 4 N–H and O–H groups in total. The molecule has 0 radical (unpaired) electrons. The molecule has 1 amide bonds. The molecule has 6 heteroatoms. The summed E-state index contributed by atoms with van der Waals surface area (Å²) >= 11 is 0. The zero-order valence-corrected chi connectivity index (χ0v) is 6.53. The Bertz CT molecular complexity index is 267. The van der Waals surface area contributed by atoms with Gasteiger partial charge in [0.25, 0.3) is 0 Å². The number of aryl methyl sites for hydroxylation is 1. The van der Waals surface area contributed by atoms with Crippen LogP contribution in [0, 0.1) is 6.92 Å². The van der Waals surface area contributed by atoms with Crippen molar-refractivity contribution in [2.45, 2.75) is 6.92 Å². The van der Waals surface area contributed by atoms with Crippen LogP contribution in [0.3, 0.4) is 0 Å². The number of carbonyl (C=O) groups excluding carboxylic acids is 1. The number of aromatic nitrogens is 2. The number of nitrogens with two attached hydrogens (primary N) is 1. The lowest BCUT2D eigenvalue weighted by molar-refractivity contribution is -0.109. The third-order valence-corrected chi connectivity index (χ3v) is 1.13. The van der Waals surface area contributed by atoms with E-state index in [1.54, 1.807) is 13.0 Å². The molecule has 0 saturated carbocycles. The van der Waals surface area contributed by atoms with E-state index in [2.05, 4.69) is 20.8 Å². The number of hydrazine groups is 1. The van der Waals surface area contributed by atoms with E-state index >= 15 is 0 Å². The highest BCUT2D eigenvalue weighted by molar-refractivity contribution is 5.51. The van der Waals surface area contributed by atoms with Crippen LogP contribution >= 0.6 is 0 Å². The van der Waals surface area contributed by atoms with Crippen LogP contribution in [0.15, 0.2) is 6.07 Å². The van der Waals surface area contributed by atoms with Crippen molar-refractivity contribution < 1.29 is 4.79 Å². The van der Waals surface area contributed by atoms with Gasteiger partial charge in [0.15, 0.2) is 0 Å². The van der Waals surface area contributed by atoms with E-state index < -0.39 is 0 Å². The summed E-state index contributed by atoms with van der Waals surface area (Å²) < 4.78 is 0. The number of anilines is 2. The second-order valence-corrected chi connectivity index (χ2v) is 2.14. The van der Waals surface area contributed by atoms with Crippen molar-refractivity contribution in [3.8, 4) is 0 Å². The fourth-order valence-corrected chi connectivity index (χ4v) is 0.759. The third-order valence-electron chi connectivity index (χ3n) is 1.13. The van der Waals surface area contributed by atoms with Crippen LogP contribution < -0.4 is 16.6 Å². The van der Waals surface area contributed by atoms with Crippen molar-refractivity contribution in [2.75, 3.05) is 11.2 Å². The molecular weight excluding hydrogens is 158 g/mol. The standard InChI is InChI=1S/C6H9N5O/c1-4-2-5(11-8-3-12)10-6(7)9-4/h2-3H,1H3,(H,8,12)(H3,7,9,10,11). The summed E-state index contributed by atoms with van der Waals surface area (Å²) in [6.07, 6.45) is 0.508. The minimum absolute atomic E-state index is 0.171. The monoisotopic (exact) mass is 167 g/mol. The Morgan fingerprint density at radius 1 is 1.58 bits per heavy atom. The van der Waals surface area contributed by atoms with Gasteiger partial charge in [-0.2, -0.15) is 4.98 Å². The Balaban J connectivity index is 2.78. The second kappa shape index (κ2) is 3.51. The van der Waals surface area contributed by atoms with Crippen molar-refractivity contribution in [3.05, 3.63) is 11.8 Å². The van der Waals surface area contributed by atoms with Crippen molar-refractivity contribution in [1.29, 1.82) is 0 Å². The predicted octanol–water partition coefficient (Wildman–Crippen LogP) is -0.560. The van der Waals surface area contributed by atoms with E-state index in [0.717, 1.165) is 5.69 Å². The van der Waals surface area contributed by atoms with Gasteiger partial charge in [-0.3, -0.25) is 15.6 Å². The van der Waals surface area contributed by atoms with Crippen molar-refractivity contribution in [3.63, 3.8) is 0 Å². The highest BCUT2D eigenvalue weighted by Crippen LogP contribution is 2.04. The topological polar surface area (TPSA) is 92.9 Å². The quantitative estimate of drug-likeness (QED) is 0.414. The zero-order valence-electron chi connectivity index (χ0n) is 6.53. The van der Waals surface area contributed by atoms with Gasteiger partial charge in [0.2, 0.25) is 12.4 Å². The van der Waals surface area contributed by atoms with Gasteiger partial charge in [0.1, 0.15) is 5.82 Å². The minimum Gasteiger partial charge on any atom is -0.368 e. The van der Waals surface area contributed by atoms with Crippen LogP contribution in [0.1, 0.15) is 5.69 Å². The van der Waals surface area contributed by atoms with Gasteiger partial charge < -0.3 is 5.73 Å². The first-order valence-corrected chi connectivity index (χ1v) is 3.28. The number of nitrogens with zero attached hydrogens (tertiary/aromatic N) is 2. The van der Waals surface area contributed by atoms with Gasteiger partial charge in [-0.05, 0) is 6.92 Å². The Kier molecular flexibility index (Phi) is 2.42. The molecular formula is C6H9N5O. The molecule has 0 aliphatic heterocycles. The first kappa shape index (κ1) is 8.25. The lowest BCUT2D eigenvalue weighted by Gasteiger charge is -2.03. The lowest BCUT2D eigenvalue weighted by atomic mass is 10.4. The Morgan fingerprint density at radius 3 is 2.92 bits per heavy atom. The molecule has 0 aliphatic rings. The van der Waals surface area contributed by atoms with E-state index in [0.29, 0.717) is 12.2 Å². The highest BCUT2D eigenvalue weighted by atomic mass is 16.1. The largest absolute Gasteiger partial charge is 0.368 e. The average Bonchev–Trinajstić information content (AvgIpc) is 1.99. The number of hydrogen-bond donors (Lipinski definition) is 3. The summed E-state index contributed by atoms with van der Waals surface area (Å²) in [6, 6.07) is 1.66. The van der Waals surface area contributed by atoms with Crippen LogP contribution in [-0.2, 0) is 4.79 Å². The van der Waals surface area contributed by atoms with E-state index in [9.17, 15) is 4.79 Å². The first-order chi connectivity index (χ1) is 5.72. The average molecular weight is 167 g/mol. The number of rotatable bonds is 3. The minimum atomic E-state index is 0.171. The van der Waals surface area contributed by atoms with Crippen LogP contribution in [0.25, 0.3) is 0 Å². The molecule has 1 aromatic heterocycles. The van der Waals surface area contributed by atoms with Gasteiger partial charge in [-0.25, -0.2) is 4.98 Å². The van der Waals surface area contributed by atoms with Crippen molar-refractivity contribution in [1.82, 2.24) is 15.4 Å². The van der Waals surface area contributed by atoms with E-state index in [-0.39, 0.29) is 5.95 Å². The molecule has 6 nitrogen and oxygen atoms in total. The summed E-state index contributed by atoms with van der Waals surface area (Å²) in [5, 5.41) is 0. The molecule has 0 aromatic carbocycles. The number of nitrogen functional groups attached to an aromatic ring is 1. The lowest BCUT2D eigenvalue weighted by Crippen LogP contribution is -2.20. The van der Waals surface area contributed by atoms with Crippen molar-refractivity contribution >= 4 is 18.2 Å². The first-order valence-electron chi connectivity index (χ1n) is 3.28. The molecule has 1 aromatic rings. The van der Waals surface area contributed by atoms with Crippen LogP contribution in [0.4, 0.5) is 11.8 Å². The summed E-state index contributed by atoms with van der Waals surface area (Å²) in [4.78, 5) is 17.6. The fourth-order valence-electron chi connectivity index (χ4n) is 0.759. The molecule has 1 rings (SSSR count). The number of hydrogen-bond acceptors (Lipinski definition) is 5. The van der Waals surface area contributed by atoms with Crippen LogP contribution in [0.2, 0.25) is 0 Å². The summed E-state index contributed by atoms with van der Waals surface area (Å²) in [7, 11) is 0. The molecule has 0 spiro atoms. The van der Waals surface area contributed by atoms with Gasteiger partial charge >= 0.3 is 0 Å². The normalized spacial score (nSPS) is 9.08. The van der Waals surface area contributed by atoms with E-state index in [4.69, 9.17) is 5.73 Å². The molecule has 64 valence electrons. The Morgan fingerprint density at radius 2 is 2.33 bits per heavy atom. The maximum Gasteiger partial charge on any atom is 0.225 e. The number of carbonyl (C=O) groups is 1. The highest BCUT2D eigenvalue weighted by Gasteiger charge is 1.96. The third kappa shape index (κ3) is 2.08. The maximum atomic E-state index is 9.90. The van der Waals surface area contributed by atoms with Crippen LogP contribution in [-0.4, -0.2) is 16.4 Å². The van der Waals surface area contributed by atoms with Gasteiger partial charge in [-0.15, -0.1) is 0 Å². The molecule has 0 aliphatic carbocycles. The zero-order chi connectivity index (χ0) is 8.97. The Hall–Kier alpha value is -1.85. The molecule has 0 atom stereocenters. The van der Waals surface area contributed by atoms with E-state index in [1.165, 1.54) is 0 Å². The van der Waals surface area contributed by atoms with Crippen molar-refractivity contribution in [2.24, 2.45) is 0 Å². The molecule has 12 heavy (non-hydrogen) atoms. The maximum absolute atomic E-state index is 9.90. The summed E-state index contributed by atoms with van der Waals surface area (Å²) in [6.45, 7) is 1.78. The molecule has 0 saturated heterocycles. The Labute approximate surface area is 69.2 Å². The summed E-state index contributed by atoms with van der Waals surface area (Å²) in [5.74, 6) is 0.636. The SMILES string of the molecule is Cc1cc(NNC=O)nc(N)n1. The smallest absolute Gasteiger partial charge is 0.225 e. The number of nitrogens with one attached hydrogen (secondary N) is 2. The summed E-state index contributed by atoms with van der Waals surface area (Å²) in [5.41, 5.74) is 10.9. The second-order valence-electron chi connectivity index (χ2n) is 2.14. The molecule has 0 bridgehead atoms. The molecule has 0 unspecified atom stereocenters. The fraction of sp³-hybridized carbons (Fsp3) is 0.167. The predicted molar refractivity (Wildman–Crippen MR) is 44.0 cm³/mol.